The Labute approximate surface area is 154 Å². The van der Waals surface area contributed by atoms with Crippen molar-refractivity contribution in [1.29, 1.82) is 0 Å². The van der Waals surface area contributed by atoms with Crippen LogP contribution >= 0.6 is 12.4 Å². The maximum absolute atomic E-state index is 12.5. The Kier molecular flexibility index (Phi) is 5.56. The van der Waals surface area contributed by atoms with Crippen molar-refractivity contribution >= 4 is 24.1 Å². The van der Waals surface area contributed by atoms with E-state index in [1.165, 1.54) is 24.0 Å². The van der Waals surface area contributed by atoms with E-state index in [0.717, 1.165) is 24.3 Å². The monoisotopic (exact) mass is 358 g/mol. The van der Waals surface area contributed by atoms with E-state index in [1.807, 2.05) is 29.3 Å². The van der Waals surface area contributed by atoms with E-state index in [0.29, 0.717) is 19.0 Å². The highest BCUT2D eigenvalue weighted by atomic mass is 35.5. The van der Waals surface area contributed by atoms with Gasteiger partial charge in [0, 0.05) is 31.2 Å². The van der Waals surface area contributed by atoms with Gasteiger partial charge in [0.1, 0.15) is 0 Å². The second-order valence-corrected chi connectivity index (χ2v) is 6.58. The molecule has 5 nitrogen and oxygen atoms in total. The van der Waals surface area contributed by atoms with Gasteiger partial charge < -0.3 is 15.5 Å². The number of benzene rings is 1. The Hall–Kier alpha value is -2.11. The van der Waals surface area contributed by atoms with Crippen molar-refractivity contribution in [3.8, 4) is 0 Å². The Bertz CT molecular complexity index is 703. The average Bonchev–Trinajstić information content (AvgIpc) is 3.07. The third-order valence-corrected chi connectivity index (χ3v) is 4.99. The molecule has 3 heterocycles. The van der Waals surface area contributed by atoms with Crippen molar-refractivity contribution in [3.63, 3.8) is 0 Å². The lowest BCUT2D eigenvalue weighted by Crippen LogP contribution is -2.30. The molecule has 1 aromatic carbocycles. The van der Waals surface area contributed by atoms with Crippen LogP contribution in [0, 0.1) is 0 Å². The largest absolute Gasteiger partial charge is 0.322 e. The van der Waals surface area contributed by atoms with Crippen LogP contribution in [0.4, 0.5) is 10.5 Å². The van der Waals surface area contributed by atoms with Gasteiger partial charge in [-0.2, -0.15) is 0 Å². The number of nitrogens with zero attached hydrogens (tertiary/aromatic N) is 2. The first-order chi connectivity index (χ1) is 11.8. The fraction of sp³-hybridized carbons (Fsp3) is 0.368. The van der Waals surface area contributed by atoms with Gasteiger partial charge in [0.2, 0.25) is 0 Å². The van der Waals surface area contributed by atoms with E-state index < -0.39 is 0 Å². The van der Waals surface area contributed by atoms with Gasteiger partial charge in [-0.25, -0.2) is 4.79 Å². The molecule has 0 spiro atoms. The molecule has 0 radical (unpaired) electrons. The lowest BCUT2D eigenvalue weighted by Gasteiger charge is -2.23. The Morgan fingerprint density at radius 3 is 2.52 bits per heavy atom. The summed E-state index contributed by atoms with van der Waals surface area (Å²) in [6, 6.07) is 10.2. The summed E-state index contributed by atoms with van der Waals surface area (Å²) in [6.07, 6.45) is 5.99. The number of hydrogen-bond donors (Lipinski definition) is 2. The zero-order valence-electron chi connectivity index (χ0n) is 14.1. The van der Waals surface area contributed by atoms with Crippen LogP contribution in [0.1, 0.15) is 35.4 Å². The molecule has 25 heavy (non-hydrogen) atoms. The van der Waals surface area contributed by atoms with Crippen molar-refractivity contribution in [3.05, 3.63) is 59.4 Å². The van der Waals surface area contributed by atoms with Crippen LogP contribution in [-0.2, 0) is 13.1 Å². The molecule has 2 aliphatic rings. The predicted molar refractivity (Wildman–Crippen MR) is 101 cm³/mol. The van der Waals surface area contributed by atoms with Gasteiger partial charge in [-0.3, -0.25) is 4.98 Å². The fourth-order valence-electron chi connectivity index (χ4n) is 3.56. The molecule has 132 valence electrons. The lowest BCUT2D eigenvalue weighted by atomic mass is 9.90. The number of nitrogens with one attached hydrogen (secondary N) is 2. The summed E-state index contributed by atoms with van der Waals surface area (Å²) in [4.78, 5) is 18.4. The zero-order valence-corrected chi connectivity index (χ0v) is 14.9. The van der Waals surface area contributed by atoms with E-state index in [9.17, 15) is 4.79 Å². The third kappa shape index (κ3) is 3.94. The number of piperidine rings is 1. The average molecular weight is 359 g/mol. The van der Waals surface area contributed by atoms with Crippen molar-refractivity contribution in [1.82, 2.24) is 15.2 Å². The number of urea groups is 1. The zero-order chi connectivity index (χ0) is 16.4. The van der Waals surface area contributed by atoms with Crippen LogP contribution < -0.4 is 10.6 Å². The number of amides is 2. The van der Waals surface area contributed by atoms with E-state index in [4.69, 9.17) is 0 Å². The number of aromatic nitrogens is 1. The molecule has 6 heteroatoms. The lowest BCUT2D eigenvalue weighted by molar-refractivity contribution is 0.212. The van der Waals surface area contributed by atoms with Gasteiger partial charge in [-0.1, -0.05) is 12.1 Å². The molecular weight excluding hydrogens is 336 g/mol. The van der Waals surface area contributed by atoms with Crippen molar-refractivity contribution in [2.75, 3.05) is 18.4 Å². The summed E-state index contributed by atoms with van der Waals surface area (Å²) in [7, 11) is 0. The van der Waals surface area contributed by atoms with E-state index in [1.54, 1.807) is 6.20 Å². The molecule has 2 N–H and O–H groups in total. The number of hydrogen-bond acceptors (Lipinski definition) is 3. The highest BCUT2D eigenvalue weighted by Gasteiger charge is 2.23. The highest BCUT2D eigenvalue weighted by molar-refractivity contribution is 5.89. The van der Waals surface area contributed by atoms with Crippen LogP contribution in [0.2, 0.25) is 0 Å². The van der Waals surface area contributed by atoms with E-state index in [-0.39, 0.29) is 18.4 Å². The number of fused-ring (bicyclic) bond motifs is 1. The van der Waals surface area contributed by atoms with Gasteiger partial charge in [-0.15, -0.1) is 12.4 Å². The van der Waals surface area contributed by atoms with Crippen LogP contribution in [0.3, 0.4) is 0 Å². The normalized spacial score (nSPS) is 16.9. The minimum Gasteiger partial charge on any atom is -0.317 e. The smallest absolute Gasteiger partial charge is 0.317 e. The number of pyridine rings is 1. The maximum Gasteiger partial charge on any atom is 0.322 e. The van der Waals surface area contributed by atoms with Gasteiger partial charge in [-0.05, 0) is 66.7 Å². The van der Waals surface area contributed by atoms with Crippen LogP contribution in [-0.4, -0.2) is 29.0 Å². The summed E-state index contributed by atoms with van der Waals surface area (Å²) in [5.41, 5.74) is 4.54. The Morgan fingerprint density at radius 2 is 1.80 bits per heavy atom. The van der Waals surface area contributed by atoms with Crippen LogP contribution in [0.25, 0.3) is 0 Å². The first-order valence-electron chi connectivity index (χ1n) is 8.58. The second-order valence-electron chi connectivity index (χ2n) is 6.58. The molecule has 2 aromatic rings. The molecule has 1 aromatic heterocycles. The van der Waals surface area contributed by atoms with Gasteiger partial charge in [0.05, 0.1) is 0 Å². The number of rotatable bonds is 2. The van der Waals surface area contributed by atoms with E-state index in [2.05, 4.69) is 27.8 Å². The van der Waals surface area contributed by atoms with Gasteiger partial charge in [0.25, 0.3) is 0 Å². The van der Waals surface area contributed by atoms with Crippen molar-refractivity contribution < 1.29 is 4.79 Å². The summed E-state index contributed by atoms with van der Waals surface area (Å²) < 4.78 is 0. The summed E-state index contributed by atoms with van der Waals surface area (Å²) in [5.74, 6) is 0.636. The summed E-state index contributed by atoms with van der Waals surface area (Å²) in [6.45, 7) is 3.46. The molecule has 4 rings (SSSR count). The number of anilines is 1. The first kappa shape index (κ1) is 17.7. The molecule has 0 saturated carbocycles. The minimum absolute atomic E-state index is 0. The minimum atomic E-state index is -0.0548. The number of carbonyl (C=O) groups is 1. The molecule has 2 aliphatic heterocycles. The summed E-state index contributed by atoms with van der Waals surface area (Å²) >= 11 is 0. The maximum atomic E-state index is 12.5. The van der Waals surface area contributed by atoms with Crippen molar-refractivity contribution in [2.24, 2.45) is 0 Å². The molecule has 1 fully saturated rings. The molecule has 0 bridgehead atoms. The highest BCUT2D eigenvalue weighted by Crippen LogP contribution is 2.27. The van der Waals surface area contributed by atoms with Crippen LogP contribution in [0.5, 0.6) is 0 Å². The Balaban J connectivity index is 0.00000182. The second kappa shape index (κ2) is 7.85. The topological polar surface area (TPSA) is 57.3 Å². The van der Waals surface area contributed by atoms with Crippen LogP contribution in [0.15, 0.2) is 42.7 Å². The molecule has 0 aliphatic carbocycles. The SMILES string of the molecule is Cl.O=C(Nc1ccc(C2CCNCC2)cc1)N1Cc2ccncc2C1. The van der Waals surface area contributed by atoms with Crippen molar-refractivity contribution in [2.45, 2.75) is 31.8 Å². The molecular formula is C19H23ClN4O. The Morgan fingerprint density at radius 1 is 1.08 bits per heavy atom. The molecule has 2 amide bonds. The molecule has 0 atom stereocenters. The molecule has 1 saturated heterocycles. The number of halogens is 1. The standard InChI is InChI=1S/C19H22N4O.ClH/c24-19(23-12-16-7-10-21-11-17(16)13-23)22-18-3-1-14(2-4-18)15-5-8-20-9-6-15;/h1-4,7,10-11,15,20H,5-6,8-9,12-13H2,(H,22,24);1H. The predicted octanol–water partition coefficient (Wildman–Crippen LogP) is 3.52. The molecule has 0 unspecified atom stereocenters. The van der Waals surface area contributed by atoms with Gasteiger partial charge >= 0.3 is 6.03 Å². The van der Waals surface area contributed by atoms with E-state index >= 15 is 0 Å². The number of carbonyl (C=O) groups excluding carboxylic acids is 1. The van der Waals surface area contributed by atoms with Gasteiger partial charge in [0.15, 0.2) is 0 Å². The quantitative estimate of drug-likeness (QED) is 0.863. The first-order valence-corrected chi connectivity index (χ1v) is 8.58. The summed E-state index contributed by atoms with van der Waals surface area (Å²) in [5, 5.41) is 6.40. The third-order valence-electron chi connectivity index (χ3n) is 4.99. The fourth-order valence-corrected chi connectivity index (χ4v) is 3.56.